The van der Waals surface area contributed by atoms with E-state index in [1.165, 1.54) is 0 Å². The molecule has 0 saturated carbocycles. The monoisotopic (exact) mass is 386 g/mol. The molecule has 0 radical (unpaired) electrons. The van der Waals surface area contributed by atoms with Gasteiger partial charge in [0.05, 0.1) is 17.5 Å². The summed E-state index contributed by atoms with van der Waals surface area (Å²) in [6, 6.07) is 5.08. The third kappa shape index (κ3) is 4.08. The van der Waals surface area contributed by atoms with Crippen molar-refractivity contribution in [3.63, 3.8) is 0 Å². The lowest BCUT2D eigenvalue weighted by Crippen LogP contribution is -2.44. The highest BCUT2D eigenvalue weighted by atomic mass is 16.5. The molecule has 3 rings (SSSR count). The molecule has 7 nitrogen and oxygen atoms in total. The number of rotatable bonds is 5. The van der Waals surface area contributed by atoms with Crippen molar-refractivity contribution in [2.75, 3.05) is 19.6 Å². The number of esters is 1. The Kier molecular flexibility index (Phi) is 5.82. The number of aryl methyl sites for hydroxylation is 1. The van der Waals surface area contributed by atoms with Crippen LogP contribution in [-0.4, -0.2) is 59.2 Å². The molecular weight excluding hydrogens is 360 g/mol. The van der Waals surface area contributed by atoms with Crippen molar-refractivity contribution in [1.29, 1.82) is 0 Å². The summed E-state index contributed by atoms with van der Waals surface area (Å²) in [5.74, 6) is -0.997. The molecule has 1 aromatic carbocycles. The maximum absolute atomic E-state index is 12.4. The van der Waals surface area contributed by atoms with Gasteiger partial charge in [0.2, 0.25) is 0 Å². The van der Waals surface area contributed by atoms with E-state index < -0.39 is 23.9 Å². The number of ether oxygens (including phenoxy) is 1. The second-order valence-corrected chi connectivity index (χ2v) is 7.70. The summed E-state index contributed by atoms with van der Waals surface area (Å²) >= 11 is 0. The summed E-state index contributed by atoms with van der Waals surface area (Å²) in [6.45, 7) is 6.85. The van der Waals surface area contributed by atoms with Crippen LogP contribution in [-0.2, 0) is 14.3 Å². The predicted molar refractivity (Wildman–Crippen MR) is 102 cm³/mol. The first kappa shape index (κ1) is 20.0. The molecule has 1 aromatic rings. The van der Waals surface area contributed by atoms with Crippen LogP contribution in [0.15, 0.2) is 18.2 Å². The summed E-state index contributed by atoms with van der Waals surface area (Å²) in [4.78, 5) is 52.2. The Morgan fingerprint density at radius 3 is 2.46 bits per heavy atom. The highest BCUT2D eigenvalue weighted by molar-refractivity contribution is 6.21. The van der Waals surface area contributed by atoms with E-state index in [0.717, 1.165) is 23.3 Å². The zero-order valence-corrected chi connectivity index (χ0v) is 16.6. The second kappa shape index (κ2) is 8.12. The van der Waals surface area contributed by atoms with Crippen LogP contribution < -0.4 is 0 Å². The molecule has 150 valence electrons. The fourth-order valence-electron chi connectivity index (χ4n) is 3.60. The lowest BCUT2D eigenvalue weighted by Gasteiger charge is -2.31. The maximum Gasteiger partial charge on any atom is 0.308 e. The molecule has 28 heavy (non-hydrogen) atoms. The lowest BCUT2D eigenvalue weighted by atomic mass is 9.99. The lowest BCUT2D eigenvalue weighted by molar-refractivity contribution is -0.159. The number of carbonyl (C=O) groups excluding carboxylic acids is 4. The van der Waals surface area contributed by atoms with Crippen LogP contribution in [0.3, 0.4) is 0 Å². The van der Waals surface area contributed by atoms with Gasteiger partial charge >= 0.3 is 5.97 Å². The standard InChI is InChI=1S/C21H26N2O5/c1-13-6-9-22(10-7-13)19(25)15(3)28-18(24)8-11-23-20(26)16-5-4-14(2)12-17(16)21(23)27/h4-5,12-13,15H,6-11H2,1-3H3. The summed E-state index contributed by atoms with van der Waals surface area (Å²) in [5, 5.41) is 0. The minimum Gasteiger partial charge on any atom is -0.452 e. The number of imide groups is 1. The third-order valence-corrected chi connectivity index (χ3v) is 5.42. The van der Waals surface area contributed by atoms with Gasteiger partial charge in [-0.2, -0.15) is 0 Å². The van der Waals surface area contributed by atoms with Gasteiger partial charge in [0.15, 0.2) is 6.10 Å². The predicted octanol–water partition coefficient (Wildman–Crippen LogP) is 2.17. The van der Waals surface area contributed by atoms with Gasteiger partial charge in [-0.1, -0.05) is 18.6 Å². The van der Waals surface area contributed by atoms with E-state index in [1.54, 1.807) is 30.0 Å². The molecule has 0 bridgehead atoms. The minimum absolute atomic E-state index is 0.0631. The quantitative estimate of drug-likeness (QED) is 0.572. The highest BCUT2D eigenvalue weighted by Crippen LogP contribution is 2.24. The summed E-state index contributed by atoms with van der Waals surface area (Å²) < 4.78 is 5.24. The minimum atomic E-state index is -0.870. The molecule has 2 aliphatic heterocycles. The van der Waals surface area contributed by atoms with Gasteiger partial charge in [-0.05, 0) is 44.7 Å². The molecule has 7 heteroatoms. The Morgan fingerprint density at radius 2 is 1.79 bits per heavy atom. The van der Waals surface area contributed by atoms with Crippen LogP contribution in [0.25, 0.3) is 0 Å². The topological polar surface area (TPSA) is 84.0 Å². The number of nitrogens with zero attached hydrogens (tertiary/aromatic N) is 2. The van der Waals surface area contributed by atoms with Crippen molar-refractivity contribution in [1.82, 2.24) is 9.80 Å². The van der Waals surface area contributed by atoms with E-state index in [4.69, 9.17) is 4.74 Å². The average Bonchev–Trinajstić information content (AvgIpc) is 2.90. The molecule has 1 atom stereocenters. The van der Waals surface area contributed by atoms with Crippen LogP contribution >= 0.6 is 0 Å². The Bertz CT molecular complexity index is 811. The second-order valence-electron chi connectivity index (χ2n) is 7.70. The SMILES string of the molecule is Cc1ccc2c(c1)C(=O)N(CCC(=O)OC(C)C(=O)N1CCC(C)CC1)C2=O. The average molecular weight is 386 g/mol. The van der Waals surface area contributed by atoms with Gasteiger partial charge in [-0.3, -0.25) is 24.1 Å². The normalized spacial score (nSPS) is 18.2. The molecule has 0 N–H and O–H groups in total. The first-order valence-electron chi connectivity index (χ1n) is 9.73. The third-order valence-electron chi connectivity index (χ3n) is 5.42. The van der Waals surface area contributed by atoms with Gasteiger partial charge in [0, 0.05) is 19.6 Å². The van der Waals surface area contributed by atoms with Crippen LogP contribution in [0.5, 0.6) is 0 Å². The van der Waals surface area contributed by atoms with Gasteiger partial charge in [0.25, 0.3) is 17.7 Å². The number of amides is 3. The number of hydrogen-bond donors (Lipinski definition) is 0. The highest BCUT2D eigenvalue weighted by Gasteiger charge is 2.36. The zero-order chi connectivity index (χ0) is 20.4. The first-order valence-corrected chi connectivity index (χ1v) is 9.73. The molecule has 3 amide bonds. The van der Waals surface area contributed by atoms with Crippen LogP contribution in [0.4, 0.5) is 0 Å². The Balaban J connectivity index is 1.51. The van der Waals surface area contributed by atoms with Crippen molar-refractivity contribution < 1.29 is 23.9 Å². The Hall–Kier alpha value is -2.70. The number of hydrogen-bond acceptors (Lipinski definition) is 5. The summed E-state index contributed by atoms with van der Waals surface area (Å²) in [7, 11) is 0. The molecular formula is C21H26N2O5. The largest absolute Gasteiger partial charge is 0.452 e. The van der Waals surface area contributed by atoms with Crippen molar-refractivity contribution in [3.8, 4) is 0 Å². The molecule has 1 fully saturated rings. The maximum atomic E-state index is 12.4. The van der Waals surface area contributed by atoms with Gasteiger partial charge in [0.1, 0.15) is 0 Å². The van der Waals surface area contributed by atoms with Gasteiger partial charge in [-0.25, -0.2) is 0 Å². The Morgan fingerprint density at radius 1 is 1.14 bits per heavy atom. The number of benzene rings is 1. The van der Waals surface area contributed by atoms with E-state index in [1.807, 2.05) is 6.92 Å². The fraction of sp³-hybridized carbons (Fsp3) is 0.524. The van der Waals surface area contributed by atoms with E-state index in [-0.39, 0.29) is 18.9 Å². The summed E-state index contributed by atoms with van der Waals surface area (Å²) in [5.41, 5.74) is 1.61. The molecule has 2 heterocycles. The number of piperidine rings is 1. The van der Waals surface area contributed by atoms with E-state index >= 15 is 0 Å². The number of likely N-dealkylation sites (tertiary alicyclic amines) is 1. The van der Waals surface area contributed by atoms with Crippen LogP contribution in [0, 0.1) is 12.8 Å². The first-order chi connectivity index (χ1) is 13.3. The van der Waals surface area contributed by atoms with Crippen LogP contribution in [0.1, 0.15) is 59.4 Å². The number of fused-ring (bicyclic) bond motifs is 1. The van der Waals surface area contributed by atoms with E-state index in [0.29, 0.717) is 30.1 Å². The molecule has 0 aromatic heterocycles. The molecule has 0 spiro atoms. The Labute approximate surface area is 164 Å². The van der Waals surface area contributed by atoms with Crippen molar-refractivity contribution in [2.45, 2.75) is 46.1 Å². The van der Waals surface area contributed by atoms with Gasteiger partial charge in [-0.15, -0.1) is 0 Å². The summed E-state index contributed by atoms with van der Waals surface area (Å²) in [6.07, 6.45) is 0.891. The van der Waals surface area contributed by atoms with Crippen molar-refractivity contribution in [2.24, 2.45) is 5.92 Å². The number of carbonyl (C=O) groups is 4. The van der Waals surface area contributed by atoms with Gasteiger partial charge < -0.3 is 9.64 Å². The molecule has 0 aliphatic carbocycles. The van der Waals surface area contributed by atoms with Crippen molar-refractivity contribution >= 4 is 23.7 Å². The smallest absolute Gasteiger partial charge is 0.308 e. The van der Waals surface area contributed by atoms with E-state index in [9.17, 15) is 19.2 Å². The molecule has 2 aliphatic rings. The van der Waals surface area contributed by atoms with Crippen molar-refractivity contribution in [3.05, 3.63) is 34.9 Å². The van der Waals surface area contributed by atoms with Crippen LogP contribution in [0.2, 0.25) is 0 Å². The molecule has 1 saturated heterocycles. The zero-order valence-electron chi connectivity index (χ0n) is 16.6. The molecule has 1 unspecified atom stereocenters. The van der Waals surface area contributed by atoms with E-state index in [2.05, 4.69) is 6.92 Å². The fourth-order valence-corrected chi connectivity index (χ4v) is 3.60.